The molecule has 3 nitrogen and oxygen atoms in total. The zero-order valence-corrected chi connectivity index (χ0v) is 11.5. The average molecular weight is 252 g/mol. The maximum atomic E-state index is 10.7. The van der Waals surface area contributed by atoms with Gasteiger partial charge in [-0.15, -0.1) is 0 Å². The van der Waals surface area contributed by atoms with Crippen LogP contribution in [0.25, 0.3) is 0 Å². The van der Waals surface area contributed by atoms with Crippen LogP contribution in [0.2, 0.25) is 0 Å². The summed E-state index contributed by atoms with van der Waals surface area (Å²) < 4.78 is 0. The Morgan fingerprint density at radius 3 is 2.44 bits per heavy atom. The minimum atomic E-state index is -1.41. The Labute approximate surface area is 109 Å². The minimum Gasteiger partial charge on any atom is -0.393 e. The Kier molecular flexibility index (Phi) is 2.38. The van der Waals surface area contributed by atoms with Gasteiger partial charge in [0.2, 0.25) is 0 Å². The number of fused-ring (bicyclic) bond motifs is 3. The van der Waals surface area contributed by atoms with Crippen LogP contribution >= 0.6 is 0 Å². The lowest BCUT2D eigenvalue weighted by Gasteiger charge is -2.58. The van der Waals surface area contributed by atoms with Crippen LogP contribution in [-0.2, 0) is 0 Å². The second-order valence-electron chi connectivity index (χ2n) is 7.61. The van der Waals surface area contributed by atoms with Gasteiger partial charge in [0, 0.05) is 0 Å². The van der Waals surface area contributed by atoms with Gasteiger partial charge in [-0.25, -0.2) is 0 Å². The van der Waals surface area contributed by atoms with E-state index in [1.807, 2.05) is 6.08 Å². The molecular formula is C15H24O3. The van der Waals surface area contributed by atoms with Crippen molar-refractivity contribution in [3.63, 3.8) is 0 Å². The van der Waals surface area contributed by atoms with E-state index in [1.54, 1.807) is 0 Å². The number of hydrogen-bond acceptors (Lipinski definition) is 3. The van der Waals surface area contributed by atoms with E-state index >= 15 is 0 Å². The van der Waals surface area contributed by atoms with E-state index < -0.39 is 11.7 Å². The van der Waals surface area contributed by atoms with Gasteiger partial charge in [0.1, 0.15) is 5.60 Å². The van der Waals surface area contributed by atoms with Crippen LogP contribution in [0.3, 0.4) is 0 Å². The van der Waals surface area contributed by atoms with Gasteiger partial charge in [0.25, 0.3) is 0 Å². The third kappa shape index (κ3) is 1.30. The van der Waals surface area contributed by atoms with E-state index in [2.05, 4.69) is 20.8 Å². The molecule has 0 amide bonds. The number of aliphatic hydroxyl groups excluding tert-OH is 2. The van der Waals surface area contributed by atoms with Crippen molar-refractivity contribution < 1.29 is 15.3 Å². The van der Waals surface area contributed by atoms with Gasteiger partial charge < -0.3 is 15.3 Å². The largest absolute Gasteiger partial charge is 0.393 e. The molecule has 0 aromatic rings. The van der Waals surface area contributed by atoms with Crippen molar-refractivity contribution in [2.24, 2.45) is 22.7 Å². The third-order valence-electron chi connectivity index (χ3n) is 5.84. The highest BCUT2D eigenvalue weighted by Crippen LogP contribution is 2.66. The molecule has 0 bridgehead atoms. The molecule has 3 heteroatoms. The number of rotatable bonds is 1. The fourth-order valence-electron chi connectivity index (χ4n) is 4.88. The summed E-state index contributed by atoms with van der Waals surface area (Å²) >= 11 is 0. The molecule has 0 aliphatic heterocycles. The van der Waals surface area contributed by atoms with Crippen molar-refractivity contribution in [1.82, 2.24) is 0 Å². The molecule has 0 saturated heterocycles. The SMILES string of the molecule is CC1(C)C[C@@H]2[C@H](C1)[C@@]1(C)CC=C1[C@](O)(CO)[C@H]2O. The molecule has 2 saturated carbocycles. The second kappa shape index (κ2) is 3.38. The highest BCUT2D eigenvalue weighted by Gasteiger charge is 2.65. The summed E-state index contributed by atoms with van der Waals surface area (Å²) in [6, 6.07) is 0. The lowest BCUT2D eigenvalue weighted by atomic mass is 9.49. The molecule has 3 aliphatic rings. The van der Waals surface area contributed by atoms with E-state index in [0.29, 0.717) is 5.92 Å². The van der Waals surface area contributed by atoms with E-state index in [-0.39, 0.29) is 23.4 Å². The first-order chi connectivity index (χ1) is 8.24. The zero-order chi connectivity index (χ0) is 13.3. The van der Waals surface area contributed by atoms with Crippen molar-refractivity contribution in [2.45, 2.75) is 51.7 Å². The van der Waals surface area contributed by atoms with Crippen LogP contribution in [-0.4, -0.2) is 33.6 Å². The summed E-state index contributed by atoms with van der Waals surface area (Å²) in [6.07, 6.45) is 4.18. The Bertz CT molecular complexity index is 414. The van der Waals surface area contributed by atoms with Gasteiger partial charge in [0.15, 0.2) is 0 Å². The quantitative estimate of drug-likeness (QED) is 0.619. The maximum absolute atomic E-state index is 10.7. The third-order valence-corrected chi connectivity index (χ3v) is 5.84. The molecule has 2 fully saturated rings. The highest BCUT2D eigenvalue weighted by molar-refractivity contribution is 5.40. The Balaban J connectivity index is 2.05. The number of hydrogen-bond donors (Lipinski definition) is 3. The maximum Gasteiger partial charge on any atom is 0.135 e. The average Bonchev–Trinajstić information content (AvgIpc) is 2.60. The van der Waals surface area contributed by atoms with Gasteiger partial charge in [-0.1, -0.05) is 26.8 Å². The minimum absolute atomic E-state index is 0.0187. The lowest BCUT2D eigenvalue weighted by Crippen LogP contribution is -2.63. The Hall–Kier alpha value is -0.380. The van der Waals surface area contributed by atoms with Crippen LogP contribution in [0.1, 0.15) is 40.0 Å². The van der Waals surface area contributed by atoms with Crippen molar-refractivity contribution >= 4 is 0 Å². The Morgan fingerprint density at radius 2 is 1.94 bits per heavy atom. The molecule has 3 rings (SSSR count). The first-order valence-corrected chi connectivity index (χ1v) is 6.97. The first-order valence-electron chi connectivity index (χ1n) is 6.97. The standard InChI is InChI=1S/C15H24O3/c1-13(2)6-9-10(7-13)14(3)5-4-11(14)15(18,8-16)12(9)17/h4,9-10,12,16-18H,5-8H2,1-3H3/t9-,10+,12+,14-,15-/m1/s1. The van der Waals surface area contributed by atoms with Gasteiger partial charge in [-0.05, 0) is 47.5 Å². The molecule has 0 aromatic carbocycles. The lowest BCUT2D eigenvalue weighted by molar-refractivity contribution is -0.158. The summed E-state index contributed by atoms with van der Waals surface area (Å²) in [7, 11) is 0. The molecule has 0 radical (unpaired) electrons. The summed E-state index contributed by atoms with van der Waals surface area (Å²) in [5, 5.41) is 30.7. The van der Waals surface area contributed by atoms with Crippen LogP contribution in [0.15, 0.2) is 11.6 Å². The molecule has 3 aliphatic carbocycles. The first kappa shape index (κ1) is 12.6. The highest BCUT2D eigenvalue weighted by atomic mass is 16.4. The normalized spacial score (nSPS) is 53.2. The summed E-state index contributed by atoms with van der Waals surface area (Å²) in [5.41, 5.74) is -0.325. The van der Waals surface area contributed by atoms with E-state index in [9.17, 15) is 15.3 Å². The fourth-order valence-corrected chi connectivity index (χ4v) is 4.88. The van der Waals surface area contributed by atoms with Gasteiger partial charge in [-0.2, -0.15) is 0 Å². The molecule has 0 spiro atoms. The monoisotopic (exact) mass is 252 g/mol. The predicted molar refractivity (Wildman–Crippen MR) is 68.8 cm³/mol. The van der Waals surface area contributed by atoms with Crippen LogP contribution in [0.5, 0.6) is 0 Å². The summed E-state index contributed by atoms with van der Waals surface area (Å²) in [6.45, 7) is 6.29. The molecule has 0 unspecified atom stereocenters. The second-order valence-corrected chi connectivity index (χ2v) is 7.61. The Morgan fingerprint density at radius 1 is 1.28 bits per heavy atom. The van der Waals surface area contributed by atoms with Gasteiger partial charge in [-0.3, -0.25) is 0 Å². The molecular weight excluding hydrogens is 228 g/mol. The molecule has 5 atom stereocenters. The van der Waals surface area contributed by atoms with Crippen LogP contribution < -0.4 is 0 Å². The smallest absolute Gasteiger partial charge is 0.135 e. The molecule has 18 heavy (non-hydrogen) atoms. The van der Waals surface area contributed by atoms with Crippen molar-refractivity contribution in [2.75, 3.05) is 6.61 Å². The topological polar surface area (TPSA) is 60.7 Å². The summed E-state index contributed by atoms with van der Waals surface area (Å²) in [4.78, 5) is 0. The van der Waals surface area contributed by atoms with Crippen molar-refractivity contribution in [1.29, 1.82) is 0 Å². The van der Waals surface area contributed by atoms with E-state index in [0.717, 1.165) is 24.8 Å². The van der Waals surface area contributed by atoms with E-state index in [1.165, 1.54) is 0 Å². The zero-order valence-electron chi connectivity index (χ0n) is 11.5. The molecule has 3 N–H and O–H groups in total. The van der Waals surface area contributed by atoms with Crippen LogP contribution in [0, 0.1) is 22.7 Å². The predicted octanol–water partition coefficient (Wildman–Crippen LogP) is 1.47. The van der Waals surface area contributed by atoms with Crippen molar-refractivity contribution in [3.8, 4) is 0 Å². The molecule has 0 heterocycles. The molecule has 0 aromatic heterocycles. The van der Waals surface area contributed by atoms with Crippen LogP contribution in [0.4, 0.5) is 0 Å². The molecule has 102 valence electrons. The fraction of sp³-hybridized carbons (Fsp3) is 0.867. The summed E-state index contributed by atoms with van der Waals surface area (Å²) in [5.74, 6) is 0.550. The number of allylic oxidation sites excluding steroid dienone is 1. The van der Waals surface area contributed by atoms with Crippen molar-refractivity contribution in [3.05, 3.63) is 11.6 Å². The van der Waals surface area contributed by atoms with Gasteiger partial charge >= 0.3 is 0 Å². The van der Waals surface area contributed by atoms with E-state index in [4.69, 9.17) is 0 Å². The van der Waals surface area contributed by atoms with Gasteiger partial charge in [0.05, 0.1) is 12.7 Å². The number of aliphatic hydroxyl groups is 3.